The average Bonchev–Trinajstić information content (AvgIpc) is 3.55. The molecule has 48 heavy (non-hydrogen) atoms. The summed E-state index contributed by atoms with van der Waals surface area (Å²) in [7, 11) is 0. The van der Waals surface area contributed by atoms with E-state index in [1.54, 1.807) is 6.07 Å². The van der Waals surface area contributed by atoms with Crippen LogP contribution in [0.1, 0.15) is 76.3 Å². The second kappa shape index (κ2) is 15.0. The van der Waals surface area contributed by atoms with Crippen molar-refractivity contribution >= 4 is 63.3 Å². The fourth-order valence-corrected chi connectivity index (χ4v) is 6.62. The molecular weight excluding hydrogens is 662 g/mol. The largest absolute Gasteiger partial charge is 0.458 e. The van der Waals surface area contributed by atoms with Gasteiger partial charge in [0.15, 0.2) is 27.7 Å². The highest BCUT2D eigenvalue weighted by Crippen LogP contribution is 2.42. The third-order valence-electron chi connectivity index (χ3n) is 7.81. The Kier molecular flexibility index (Phi) is 11.5. The summed E-state index contributed by atoms with van der Waals surface area (Å²) in [5, 5.41) is 12.9. The number of hydrogen-bond donors (Lipinski definition) is 2. The second-order valence-corrected chi connectivity index (χ2v) is 13.9. The van der Waals surface area contributed by atoms with E-state index in [-0.39, 0.29) is 52.6 Å². The van der Waals surface area contributed by atoms with Crippen LogP contribution < -0.4 is 10.1 Å². The molecule has 1 aliphatic heterocycles. The molecule has 15 heteroatoms. The molecule has 1 aromatic carbocycles. The highest BCUT2D eigenvalue weighted by atomic mass is 35.5. The van der Waals surface area contributed by atoms with Crippen molar-refractivity contribution in [2.24, 2.45) is 0 Å². The first-order valence-corrected chi connectivity index (χ1v) is 16.5. The number of benzene rings is 1. The molecule has 3 heterocycles. The molecule has 2 N–H and O–H groups in total. The van der Waals surface area contributed by atoms with Crippen LogP contribution in [-0.2, 0) is 34.1 Å². The van der Waals surface area contributed by atoms with Gasteiger partial charge in [0.2, 0.25) is 11.2 Å². The molecule has 3 aromatic rings. The number of nitrogens with zero attached hydrogens (tertiary/aromatic N) is 4. The van der Waals surface area contributed by atoms with E-state index in [4.69, 9.17) is 32.2 Å². The first kappa shape index (κ1) is 36.8. The van der Waals surface area contributed by atoms with Gasteiger partial charge < -0.3 is 24.6 Å². The highest BCUT2D eigenvalue weighted by Gasteiger charge is 2.51. The summed E-state index contributed by atoms with van der Waals surface area (Å²) in [6.07, 6.45) is 5.85. The number of carbonyl (C=O) groups is 4. The molecule has 1 saturated heterocycles. The number of imidazole rings is 1. The lowest BCUT2D eigenvalue weighted by Crippen LogP contribution is -2.44. The molecule has 1 aliphatic rings. The zero-order valence-electron chi connectivity index (χ0n) is 27.6. The van der Waals surface area contributed by atoms with Gasteiger partial charge in [-0.15, -0.1) is 6.42 Å². The summed E-state index contributed by atoms with van der Waals surface area (Å²) in [5.74, 6) is 1.98. The van der Waals surface area contributed by atoms with Gasteiger partial charge >= 0.3 is 11.9 Å². The van der Waals surface area contributed by atoms with Gasteiger partial charge in [-0.1, -0.05) is 37.6 Å². The Bertz CT molecular complexity index is 1790. The Morgan fingerprint density at radius 3 is 2.62 bits per heavy atom. The van der Waals surface area contributed by atoms with E-state index in [1.807, 2.05) is 33.8 Å². The number of hydrogen-bond acceptors (Lipinski definition) is 12. The molecule has 0 unspecified atom stereocenters. The van der Waals surface area contributed by atoms with Crippen LogP contribution in [0.4, 0.5) is 5.82 Å². The molecule has 13 nitrogen and oxygen atoms in total. The van der Waals surface area contributed by atoms with Crippen molar-refractivity contribution in [3.8, 4) is 18.1 Å². The smallest absolute Gasteiger partial charge is 0.308 e. The number of esters is 2. The normalized spacial score (nSPS) is 19.1. The number of nitrogens with one attached hydrogen (secondary N) is 1. The molecule has 0 bridgehead atoms. The summed E-state index contributed by atoms with van der Waals surface area (Å²) < 4.78 is 19.1. The molecule has 1 fully saturated rings. The van der Waals surface area contributed by atoms with Gasteiger partial charge in [0.05, 0.1) is 19.4 Å². The van der Waals surface area contributed by atoms with Crippen molar-refractivity contribution in [2.45, 2.75) is 90.6 Å². The van der Waals surface area contributed by atoms with Gasteiger partial charge in [0.25, 0.3) is 0 Å². The summed E-state index contributed by atoms with van der Waals surface area (Å²) >= 11 is 7.36. The van der Waals surface area contributed by atoms with Crippen molar-refractivity contribution in [2.75, 3.05) is 17.7 Å². The van der Waals surface area contributed by atoms with Gasteiger partial charge in [0, 0.05) is 43.4 Å². The fourth-order valence-electron chi connectivity index (χ4n) is 5.88. The van der Waals surface area contributed by atoms with E-state index in [1.165, 1.54) is 24.7 Å². The Hall–Kier alpha value is -4.03. The van der Waals surface area contributed by atoms with Crippen molar-refractivity contribution in [3.63, 3.8) is 0 Å². The van der Waals surface area contributed by atoms with Crippen LogP contribution in [0.25, 0.3) is 11.2 Å². The predicted octanol–water partition coefficient (Wildman–Crippen LogP) is 4.58. The number of aromatic nitrogens is 4. The minimum Gasteiger partial charge on any atom is -0.458 e. The lowest BCUT2D eigenvalue weighted by molar-refractivity contribution is -0.160. The van der Waals surface area contributed by atoms with E-state index in [9.17, 15) is 24.3 Å². The summed E-state index contributed by atoms with van der Waals surface area (Å²) in [4.78, 5) is 61.8. The minimum atomic E-state index is -1.69. The van der Waals surface area contributed by atoms with Gasteiger partial charge in [0.1, 0.15) is 18.1 Å². The number of aliphatic hydroxyl groups excluding tert-OH is 1. The molecule has 2 aromatic heterocycles. The van der Waals surface area contributed by atoms with Crippen LogP contribution in [0.2, 0.25) is 5.28 Å². The molecule has 0 aliphatic carbocycles. The summed E-state index contributed by atoms with van der Waals surface area (Å²) in [6.45, 7) is 9.58. The number of ether oxygens (including phenoxy) is 3. The number of amides is 1. The molecule has 1 amide bonds. The van der Waals surface area contributed by atoms with Crippen molar-refractivity contribution in [1.82, 2.24) is 19.5 Å². The van der Waals surface area contributed by atoms with E-state index in [2.05, 4.69) is 26.2 Å². The number of anilines is 1. The first-order chi connectivity index (χ1) is 22.6. The van der Waals surface area contributed by atoms with Gasteiger partial charge in [-0.2, -0.15) is 9.97 Å². The number of rotatable bonds is 12. The van der Waals surface area contributed by atoms with Gasteiger partial charge in [-0.05, 0) is 49.1 Å². The fraction of sp³-hybridized carbons (Fsp3) is 0.485. The van der Waals surface area contributed by atoms with E-state index < -0.39 is 41.9 Å². The molecule has 3 atom stereocenters. The molecule has 4 rings (SSSR count). The van der Waals surface area contributed by atoms with E-state index in [0.29, 0.717) is 23.5 Å². The van der Waals surface area contributed by atoms with Crippen LogP contribution in [-0.4, -0.2) is 71.7 Å². The maximum absolute atomic E-state index is 13.5. The Morgan fingerprint density at radius 2 is 1.98 bits per heavy atom. The number of terminal acetylenes is 1. The van der Waals surface area contributed by atoms with Crippen molar-refractivity contribution < 1.29 is 38.5 Å². The first-order valence-electron chi connectivity index (χ1n) is 15.2. The third kappa shape index (κ3) is 8.33. The number of aryl methyl sites for hydroxylation is 2. The Balaban J connectivity index is 1.55. The van der Waals surface area contributed by atoms with Crippen LogP contribution in [0.3, 0.4) is 0 Å². The zero-order valence-corrected chi connectivity index (χ0v) is 29.2. The van der Waals surface area contributed by atoms with Gasteiger partial charge in [-0.3, -0.25) is 23.7 Å². The van der Waals surface area contributed by atoms with Crippen LogP contribution >= 0.6 is 23.4 Å². The lowest BCUT2D eigenvalue weighted by atomic mass is 9.78. The molecule has 256 valence electrons. The standard InChI is InChI=1S/C33H38ClN5O8S/c1-8-33(16-40)23(46-26(44)15-32(6,7)27-19(3)12-18(2)13-22(27)45-20(4)41)14-25(47-33)39-17-35-28-29(37-31(34)38-30(28)39)36-24(43)10-9-11-48-21(5)42/h1,12-13,17,23,25,40H,9-11,14-16H2,2-7H3,(H,36,37,38,43)/t23-,25+,33+/m0/s1. The maximum Gasteiger partial charge on any atom is 0.308 e. The van der Waals surface area contributed by atoms with Crippen molar-refractivity contribution in [3.05, 3.63) is 40.4 Å². The molecular formula is C33H38ClN5O8S. The number of aliphatic hydroxyl groups is 1. The average molecular weight is 700 g/mol. The molecule has 0 radical (unpaired) electrons. The second-order valence-electron chi connectivity index (χ2n) is 12.2. The summed E-state index contributed by atoms with van der Waals surface area (Å²) in [6, 6.07) is 3.69. The Labute approximate surface area is 287 Å². The quantitative estimate of drug-likeness (QED) is 0.0888. The SMILES string of the molecule is C#C[C@]1(CO)O[C@@H](n2cnc3c(NC(=O)CCCSC(C)=O)nc(Cl)nc32)C[C@@H]1OC(=O)CC(C)(C)c1c(C)cc(C)cc1OC(C)=O. The minimum absolute atomic E-state index is 0.0255. The monoisotopic (exact) mass is 699 g/mol. The zero-order chi connectivity index (χ0) is 35.4. The Morgan fingerprint density at radius 1 is 1.25 bits per heavy atom. The van der Waals surface area contributed by atoms with E-state index >= 15 is 0 Å². The van der Waals surface area contributed by atoms with Crippen LogP contribution in [0.15, 0.2) is 18.5 Å². The number of thioether (sulfide) groups is 1. The predicted molar refractivity (Wildman–Crippen MR) is 179 cm³/mol. The third-order valence-corrected chi connectivity index (χ3v) is 8.88. The van der Waals surface area contributed by atoms with Crippen LogP contribution in [0.5, 0.6) is 5.75 Å². The van der Waals surface area contributed by atoms with Crippen molar-refractivity contribution in [1.29, 1.82) is 0 Å². The number of halogens is 1. The maximum atomic E-state index is 13.5. The van der Waals surface area contributed by atoms with E-state index in [0.717, 1.165) is 22.9 Å². The van der Waals surface area contributed by atoms with Gasteiger partial charge in [-0.25, -0.2) is 4.98 Å². The molecule has 0 saturated carbocycles. The highest BCUT2D eigenvalue weighted by molar-refractivity contribution is 8.13. The number of fused-ring (bicyclic) bond motifs is 1. The topological polar surface area (TPSA) is 172 Å². The lowest BCUT2D eigenvalue weighted by Gasteiger charge is -2.31. The number of carbonyl (C=O) groups excluding carboxylic acids is 4. The molecule has 0 spiro atoms. The summed E-state index contributed by atoms with van der Waals surface area (Å²) in [5.41, 5.74) is 0.363. The van der Waals surface area contributed by atoms with Crippen LogP contribution in [0, 0.1) is 26.2 Å².